The fourth-order valence-corrected chi connectivity index (χ4v) is 4.95. The molecule has 1 N–H and O–H groups in total. The normalized spacial score (nSPS) is 17.3. The minimum Gasteiger partial charge on any atom is -0.284 e. The largest absolute Gasteiger partial charge is 0.284 e. The van der Waals surface area contributed by atoms with Crippen LogP contribution in [-0.2, 0) is 20.0 Å². The molecule has 156 valence electrons. The van der Waals surface area contributed by atoms with E-state index in [0.29, 0.717) is 17.0 Å². The lowest BCUT2D eigenvalue weighted by atomic mass is 9.98. The highest BCUT2D eigenvalue weighted by atomic mass is 35.5. The summed E-state index contributed by atoms with van der Waals surface area (Å²) in [5, 5.41) is 4.36. The molecule has 29 heavy (non-hydrogen) atoms. The van der Waals surface area contributed by atoms with Crippen molar-refractivity contribution in [1.29, 1.82) is 0 Å². The van der Waals surface area contributed by atoms with Gasteiger partial charge in [0.15, 0.2) is 0 Å². The van der Waals surface area contributed by atoms with E-state index in [1.54, 1.807) is 24.3 Å². The monoisotopic (exact) mass is 459 g/mol. The summed E-state index contributed by atoms with van der Waals surface area (Å²) in [6, 6.07) is 9.59. The predicted molar refractivity (Wildman–Crippen MR) is 112 cm³/mol. The van der Waals surface area contributed by atoms with Gasteiger partial charge in [-0.2, -0.15) is 9.52 Å². The van der Waals surface area contributed by atoms with Crippen molar-refractivity contribution >= 4 is 43.0 Å². The molecule has 2 aromatic rings. The van der Waals surface area contributed by atoms with Crippen molar-refractivity contribution < 1.29 is 21.2 Å². The predicted octanol–water partition coefficient (Wildman–Crippen LogP) is 3.35. The van der Waals surface area contributed by atoms with Crippen LogP contribution in [0, 0.1) is 5.82 Å². The molecule has 0 fully saturated rings. The number of halogens is 2. The Bertz CT molecular complexity index is 1150. The summed E-state index contributed by atoms with van der Waals surface area (Å²) < 4.78 is 65.6. The maximum absolute atomic E-state index is 14.5. The van der Waals surface area contributed by atoms with Crippen LogP contribution in [0.25, 0.3) is 0 Å². The zero-order valence-electron chi connectivity index (χ0n) is 15.6. The number of hydrazone groups is 1. The molecular formula is C18H19ClFN3O4S2. The van der Waals surface area contributed by atoms with Gasteiger partial charge in [-0.1, -0.05) is 29.8 Å². The van der Waals surface area contributed by atoms with E-state index < -0.39 is 31.9 Å². The molecule has 0 radical (unpaired) electrons. The standard InChI is InChI=1S/C18H19ClFN3O4S2/c1-3-29(26,27)23-17(18-14(19)5-4-6-15(18)20)11-16(21-23)12-7-9-13(10-8-12)22-28(2,24)25/h4-10,17,22H,3,11H2,1-2H3. The van der Waals surface area contributed by atoms with Gasteiger partial charge >= 0.3 is 0 Å². The Morgan fingerprint density at radius 3 is 2.38 bits per heavy atom. The molecule has 11 heteroatoms. The zero-order valence-corrected chi connectivity index (χ0v) is 18.0. The molecule has 0 saturated carbocycles. The van der Waals surface area contributed by atoms with Gasteiger partial charge in [0.25, 0.3) is 0 Å². The number of benzene rings is 2. The van der Waals surface area contributed by atoms with E-state index in [9.17, 15) is 21.2 Å². The van der Waals surface area contributed by atoms with E-state index in [0.717, 1.165) is 10.7 Å². The minimum atomic E-state index is -3.77. The fraction of sp³-hybridized carbons (Fsp3) is 0.278. The van der Waals surface area contributed by atoms with Crippen LogP contribution in [0.15, 0.2) is 47.6 Å². The summed E-state index contributed by atoms with van der Waals surface area (Å²) in [7, 11) is -7.19. The van der Waals surface area contributed by atoms with Crippen LogP contribution in [0.2, 0.25) is 5.02 Å². The summed E-state index contributed by atoms with van der Waals surface area (Å²) >= 11 is 6.17. The van der Waals surface area contributed by atoms with Crippen molar-refractivity contribution in [2.45, 2.75) is 19.4 Å². The number of nitrogens with zero attached hydrogens (tertiary/aromatic N) is 2. The Morgan fingerprint density at radius 2 is 1.83 bits per heavy atom. The van der Waals surface area contributed by atoms with Gasteiger partial charge in [-0.3, -0.25) is 4.72 Å². The van der Waals surface area contributed by atoms with Crippen molar-refractivity contribution in [3.63, 3.8) is 0 Å². The zero-order chi connectivity index (χ0) is 21.4. The van der Waals surface area contributed by atoms with Crippen LogP contribution >= 0.6 is 11.6 Å². The lowest BCUT2D eigenvalue weighted by molar-refractivity contribution is 0.363. The Morgan fingerprint density at radius 1 is 1.17 bits per heavy atom. The number of anilines is 1. The molecule has 2 aromatic carbocycles. The van der Waals surface area contributed by atoms with Crippen molar-refractivity contribution in [2.24, 2.45) is 5.10 Å². The number of nitrogens with one attached hydrogen (secondary N) is 1. The van der Waals surface area contributed by atoms with Crippen molar-refractivity contribution in [3.8, 4) is 0 Å². The molecule has 1 atom stereocenters. The third kappa shape index (κ3) is 4.71. The minimum absolute atomic E-state index is 0.0697. The van der Waals surface area contributed by atoms with E-state index >= 15 is 0 Å². The molecule has 7 nitrogen and oxygen atoms in total. The van der Waals surface area contributed by atoms with Crippen LogP contribution < -0.4 is 4.72 Å². The van der Waals surface area contributed by atoms with Gasteiger partial charge in [-0.25, -0.2) is 21.2 Å². The Hall–Kier alpha value is -2.17. The SMILES string of the molecule is CCS(=O)(=O)N1N=C(c2ccc(NS(C)(=O)=O)cc2)CC1c1c(F)cccc1Cl. The molecule has 0 aliphatic carbocycles. The first-order valence-corrected chi connectivity index (χ1v) is 12.5. The Labute approximate surface area is 174 Å². The van der Waals surface area contributed by atoms with E-state index in [1.807, 2.05) is 0 Å². The number of hydrogen-bond donors (Lipinski definition) is 1. The molecule has 1 aliphatic rings. The molecule has 0 amide bonds. The summed E-state index contributed by atoms with van der Waals surface area (Å²) in [6.07, 6.45) is 1.16. The van der Waals surface area contributed by atoms with Gasteiger partial charge in [0.2, 0.25) is 20.0 Å². The van der Waals surface area contributed by atoms with Crippen LogP contribution in [0.3, 0.4) is 0 Å². The van der Waals surface area contributed by atoms with E-state index in [4.69, 9.17) is 11.6 Å². The van der Waals surface area contributed by atoms with Crippen LogP contribution in [-0.4, -0.2) is 39.0 Å². The summed E-state index contributed by atoms with van der Waals surface area (Å²) in [4.78, 5) is 0. The van der Waals surface area contributed by atoms with Gasteiger partial charge in [-0.05, 0) is 36.8 Å². The van der Waals surface area contributed by atoms with Gasteiger partial charge < -0.3 is 0 Å². The Kier molecular flexibility index (Phi) is 5.88. The molecule has 1 unspecified atom stereocenters. The topological polar surface area (TPSA) is 95.9 Å². The third-order valence-electron chi connectivity index (χ3n) is 4.38. The van der Waals surface area contributed by atoms with E-state index in [-0.39, 0.29) is 22.8 Å². The number of hydrogen-bond acceptors (Lipinski definition) is 5. The molecule has 1 aliphatic heterocycles. The van der Waals surface area contributed by atoms with Gasteiger partial charge in [0.1, 0.15) is 5.82 Å². The average molecular weight is 460 g/mol. The molecular weight excluding hydrogens is 441 g/mol. The number of rotatable bonds is 6. The van der Waals surface area contributed by atoms with Gasteiger partial charge in [0.05, 0.1) is 23.8 Å². The van der Waals surface area contributed by atoms with Crippen LogP contribution in [0.4, 0.5) is 10.1 Å². The highest BCUT2D eigenvalue weighted by molar-refractivity contribution is 7.92. The molecule has 0 aromatic heterocycles. The van der Waals surface area contributed by atoms with Crippen LogP contribution in [0.1, 0.15) is 30.5 Å². The van der Waals surface area contributed by atoms with Crippen molar-refractivity contribution in [2.75, 3.05) is 16.7 Å². The first-order valence-electron chi connectivity index (χ1n) is 8.63. The van der Waals surface area contributed by atoms with Crippen molar-refractivity contribution in [3.05, 3.63) is 64.4 Å². The van der Waals surface area contributed by atoms with E-state index in [2.05, 4.69) is 9.82 Å². The lowest BCUT2D eigenvalue weighted by Crippen LogP contribution is -2.29. The first kappa shape index (κ1) is 21.5. The van der Waals surface area contributed by atoms with Crippen molar-refractivity contribution in [1.82, 2.24) is 4.41 Å². The third-order valence-corrected chi connectivity index (χ3v) is 6.95. The molecule has 0 spiro atoms. The molecule has 0 bridgehead atoms. The summed E-state index contributed by atoms with van der Waals surface area (Å²) in [6.45, 7) is 1.48. The smallest absolute Gasteiger partial charge is 0.250 e. The highest BCUT2D eigenvalue weighted by Gasteiger charge is 2.38. The number of sulfonamides is 2. The van der Waals surface area contributed by atoms with Gasteiger partial charge in [0, 0.05) is 22.7 Å². The molecule has 0 saturated heterocycles. The lowest BCUT2D eigenvalue weighted by Gasteiger charge is -2.23. The van der Waals surface area contributed by atoms with Gasteiger partial charge in [-0.15, -0.1) is 0 Å². The maximum Gasteiger partial charge on any atom is 0.250 e. The molecule has 1 heterocycles. The summed E-state index contributed by atoms with van der Waals surface area (Å²) in [5.41, 5.74) is 1.45. The fourth-order valence-electron chi connectivity index (χ4n) is 3.04. The summed E-state index contributed by atoms with van der Waals surface area (Å²) in [5.74, 6) is -0.813. The van der Waals surface area contributed by atoms with E-state index in [1.165, 1.54) is 25.1 Å². The molecule has 3 rings (SSSR count). The quantitative estimate of drug-likeness (QED) is 0.716. The van der Waals surface area contributed by atoms with Crippen LogP contribution in [0.5, 0.6) is 0 Å². The maximum atomic E-state index is 14.5. The Balaban J connectivity index is 2.00. The first-order chi connectivity index (χ1) is 13.5. The second-order valence-corrected chi connectivity index (χ2v) is 10.8. The second-order valence-electron chi connectivity index (χ2n) is 6.53. The second kappa shape index (κ2) is 7.92. The highest BCUT2D eigenvalue weighted by Crippen LogP contribution is 2.39. The average Bonchev–Trinajstić information content (AvgIpc) is 3.07.